The third kappa shape index (κ3) is 3.80. The molecule has 4 heteroatoms. The summed E-state index contributed by atoms with van der Waals surface area (Å²) in [7, 11) is 0. The normalized spacial score (nSPS) is 10.4. The molecule has 0 aromatic heterocycles. The Morgan fingerprint density at radius 2 is 1.75 bits per heavy atom. The molecule has 0 N–H and O–H groups in total. The fourth-order valence-corrected chi connectivity index (χ4v) is 1.73. The van der Waals surface area contributed by atoms with Gasteiger partial charge >= 0.3 is 5.97 Å². The molecule has 0 bridgehead atoms. The standard InChI is InChI=1S/C16H11ClO3/c17-15-4-2-1-3-13(15)7-10-16(19)20-14-8-5-12(11-18)6-9-14/h1-11H/b10-7+. The molecule has 0 aliphatic carbocycles. The Morgan fingerprint density at radius 3 is 2.40 bits per heavy atom. The Morgan fingerprint density at radius 1 is 1.05 bits per heavy atom. The van der Waals surface area contributed by atoms with Crippen LogP contribution in [0.3, 0.4) is 0 Å². The number of carbonyl (C=O) groups is 2. The average Bonchev–Trinajstić information content (AvgIpc) is 2.47. The lowest BCUT2D eigenvalue weighted by Gasteiger charge is -2.01. The van der Waals surface area contributed by atoms with Gasteiger partial charge in [-0.15, -0.1) is 0 Å². The van der Waals surface area contributed by atoms with Crippen LogP contribution in [-0.4, -0.2) is 12.3 Å². The van der Waals surface area contributed by atoms with Gasteiger partial charge in [-0.05, 0) is 42.0 Å². The van der Waals surface area contributed by atoms with Crippen molar-refractivity contribution < 1.29 is 14.3 Å². The predicted molar refractivity (Wildman–Crippen MR) is 78.0 cm³/mol. The second kappa shape index (κ2) is 6.68. The first kappa shape index (κ1) is 14.0. The Labute approximate surface area is 121 Å². The molecule has 0 amide bonds. The second-order valence-corrected chi connectivity index (χ2v) is 4.37. The Balaban J connectivity index is 2.01. The van der Waals surface area contributed by atoms with E-state index in [4.69, 9.17) is 16.3 Å². The summed E-state index contributed by atoms with van der Waals surface area (Å²) in [6.07, 6.45) is 3.61. The van der Waals surface area contributed by atoms with Gasteiger partial charge in [-0.1, -0.05) is 29.8 Å². The van der Waals surface area contributed by atoms with Gasteiger partial charge < -0.3 is 4.74 Å². The first-order valence-electron chi connectivity index (χ1n) is 5.89. The van der Waals surface area contributed by atoms with E-state index in [0.29, 0.717) is 16.3 Å². The van der Waals surface area contributed by atoms with E-state index in [2.05, 4.69) is 0 Å². The molecule has 0 spiro atoms. The lowest BCUT2D eigenvalue weighted by atomic mass is 10.2. The molecule has 2 rings (SSSR count). The summed E-state index contributed by atoms with van der Waals surface area (Å²) in [5.41, 5.74) is 1.26. The van der Waals surface area contributed by atoms with Gasteiger partial charge in [0, 0.05) is 16.7 Å². The maximum absolute atomic E-state index is 11.6. The smallest absolute Gasteiger partial charge is 0.336 e. The van der Waals surface area contributed by atoms with Crippen LogP contribution in [0.2, 0.25) is 5.02 Å². The third-order valence-corrected chi connectivity index (χ3v) is 2.88. The average molecular weight is 287 g/mol. The van der Waals surface area contributed by atoms with Crippen molar-refractivity contribution >= 4 is 29.9 Å². The van der Waals surface area contributed by atoms with Crippen LogP contribution in [0.25, 0.3) is 6.08 Å². The zero-order chi connectivity index (χ0) is 14.4. The summed E-state index contributed by atoms with van der Waals surface area (Å²) in [6.45, 7) is 0. The molecule has 2 aromatic rings. The van der Waals surface area contributed by atoms with Crippen LogP contribution >= 0.6 is 11.6 Å². The molecule has 0 saturated heterocycles. The summed E-state index contributed by atoms with van der Waals surface area (Å²) >= 11 is 5.96. The lowest BCUT2D eigenvalue weighted by Crippen LogP contribution is -2.03. The van der Waals surface area contributed by atoms with Crippen molar-refractivity contribution in [3.63, 3.8) is 0 Å². The van der Waals surface area contributed by atoms with Crippen molar-refractivity contribution in [1.82, 2.24) is 0 Å². The minimum atomic E-state index is -0.510. The van der Waals surface area contributed by atoms with Gasteiger partial charge in [0.25, 0.3) is 0 Å². The van der Waals surface area contributed by atoms with Crippen molar-refractivity contribution in [1.29, 1.82) is 0 Å². The summed E-state index contributed by atoms with van der Waals surface area (Å²) in [5.74, 6) is -0.131. The summed E-state index contributed by atoms with van der Waals surface area (Å²) in [4.78, 5) is 22.1. The van der Waals surface area contributed by atoms with Gasteiger partial charge in [0.15, 0.2) is 0 Å². The zero-order valence-electron chi connectivity index (χ0n) is 10.5. The molecule has 2 aromatic carbocycles. The molecule has 20 heavy (non-hydrogen) atoms. The SMILES string of the molecule is O=Cc1ccc(OC(=O)/C=C/c2ccccc2Cl)cc1. The van der Waals surface area contributed by atoms with E-state index >= 15 is 0 Å². The van der Waals surface area contributed by atoms with Crippen molar-refractivity contribution in [2.24, 2.45) is 0 Å². The van der Waals surface area contributed by atoms with Crippen LogP contribution in [-0.2, 0) is 4.79 Å². The summed E-state index contributed by atoms with van der Waals surface area (Å²) in [6, 6.07) is 13.5. The third-order valence-electron chi connectivity index (χ3n) is 2.54. The lowest BCUT2D eigenvalue weighted by molar-refractivity contribution is -0.128. The highest BCUT2D eigenvalue weighted by molar-refractivity contribution is 6.32. The number of esters is 1. The minimum Gasteiger partial charge on any atom is -0.423 e. The number of carbonyl (C=O) groups excluding carboxylic acids is 2. The zero-order valence-corrected chi connectivity index (χ0v) is 11.2. The fourth-order valence-electron chi connectivity index (χ4n) is 1.53. The van der Waals surface area contributed by atoms with Crippen LogP contribution < -0.4 is 4.74 Å². The monoisotopic (exact) mass is 286 g/mol. The number of hydrogen-bond donors (Lipinski definition) is 0. The molecule has 0 aliphatic heterocycles. The van der Waals surface area contributed by atoms with E-state index in [0.717, 1.165) is 11.8 Å². The Kier molecular flexibility index (Phi) is 4.69. The van der Waals surface area contributed by atoms with Crippen molar-refractivity contribution in [2.75, 3.05) is 0 Å². The van der Waals surface area contributed by atoms with Crippen LogP contribution in [0.1, 0.15) is 15.9 Å². The molecule has 0 heterocycles. The van der Waals surface area contributed by atoms with Gasteiger partial charge in [-0.25, -0.2) is 4.79 Å². The number of hydrogen-bond acceptors (Lipinski definition) is 3. The van der Waals surface area contributed by atoms with Crippen molar-refractivity contribution in [3.8, 4) is 5.75 Å². The molecule has 0 saturated carbocycles. The summed E-state index contributed by atoms with van der Waals surface area (Å²) < 4.78 is 5.09. The molecular formula is C16H11ClO3. The quantitative estimate of drug-likeness (QED) is 0.372. The van der Waals surface area contributed by atoms with Crippen LogP contribution in [0.4, 0.5) is 0 Å². The second-order valence-electron chi connectivity index (χ2n) is 3.96. The maximum Gasteiger partial charge on any atom is 0.336 e. The molecule has 0 unspecified atom stereocenters. The van der Waals surface area contributed by atoms with Crippen molar-refractivity contribution in [3.05, 3.63) is 70.8 Å². The molecule has 0 radical (unpaired) electrons. The van der Waals surface area contributed by atoms with Crippen LogP contribution in [0.5, 0.6) is 5.75 Å². The van der Waals surface area contributed by atoms with Gasteiger partial charge in [-0.2, -0.15) is 0 Å². The van der Waals surface area contributed by atoms with Gasteiger partial charge in [0.2, 0.25) is 0 Å². The Hall–Kier alpha value is -2.39. The van der Waals surface area contributed by atoms with E-state index in [1.807, 2.05) is 12.1 Å². The summed E-state index contributed by atoms with van der Waals surface area (Å²) in [5, 5.41) is 0.562. The van der Waals surface area contributed by atoms with E-state index in [-0.39, 0.29) is 0 Å². The number of benzene rings is 2. The molecule has 0 aliphatic rings. The predicted octanol–water partition coefficient (Wildman–Crippen LogP) is 3.77. The number of aldehydes is 1. The van der Waals surface area contributed by atoms with Gasteiger partial charge in [0.1, 0.15) is 12.0 Å². The van der Waals surface area contributed by atoms with Crippen LogP contribution in [0, 0.1) is 0 Å². The highest BCUT2D eigenvalue weighted by Crippen LogP contribution is 2.16. The number of ether oxygens (including phenoxy) is 1. The molecule has 0 atom stereocenters. The highest BCUT2D eigenvalue weighted by Gasteiger charge is 2.01. The topological polar surface area (TPSA) is 43.4 Å². The Bertz CT molecular complexity index is 645. The van der Waals surface area contributed by atoms with E-state index in [9.17, 15) is 9.59 Å². The van der Waals surface area contributed by atoms with Gasteiger partial charge in [-0.3, -0.25) is 4.79 Å². The molecule has 0 fully saturated rings. The van der Waals surface area contributed by atoms with E-state index < -0.39 is 5.97 Å². The maximum atomic E-state index is 11.6. The van der Waals surface area contributed by atoms with E-state index in [1.165, 1.54) is 6.08 Å². The highest BCUT2D eigenvalue weighted by atomic mass is 35.5. The molecule has 100 valence electrons. The number of halogens is 1. The molecular weight excluding hydrogens is 276 g/mol. The first-order valence-corrected chi connectivity index (χ1v) is 6.26. The molecule has 3 nitrogen and oxygen atoms in total. The minimum absolute atomic E-state index is 0.379. The van der Waals surface area contributed by atoms with Crippen LogP contribution in [0.15, 0.2) is 54.6 Å². The first-order chi connectivity index (χ1) is 9.69. The van der Waals surface area contributed by atoms with Crippen molar-refractivity contribution in [2.45, 2.75) is 0 Å². The largest absolute Gasteiger partial charge is 0.423 e. The van der Waals surface area contributed by atoms with Gasteiger partial charge in [0.05, 0.1) is 0 Å². The number of rotatable bonds is 4. The fraction of sp³-hybridized carbons (Fsp3) is 0. The van der Waals surface area contributed by atoms with E-state index in [1.54, 1.807) is 42.5 Å².